The molecule has 0 radical (unpaired) electrons. The lowest BCUT2D eigenvalue weighted by Gasteiger charge is -2.59. The van der Waals surface area contributed by atoms with E-state index in [1.807, 2.05) is 41.5 Å². The fourth-order valence-corrected chi connectivity index (χ4v) is 10.5. The summed E-state index contributed by atoms with van der Waals surface area (Å²) in [6, 6.07) is 0. The molecule has 0 aromatic carbocycles. The number of esters is 4. The minimum Gasteiger partial charge on any atom is -0.463 e. The van der Waals surface area contributed by atoms with E-state index in [1.54, 1.807) is 13.8 Å². The summed E-state index contributed by atoms with van der Waals surface area (Å²) in [7, 11) is 0. The van der Waals surface area contributed by atoms with Gasteiger partial charge in [-0.15, -0.1) is 0 Å². The van der Waals surface area contributed by atoms with Gasteiger partial charge < -0.3 is 24.1 Å². The van der Waals surface area contributed by atoms with E-state index in [1.165, 1.54) is 38.5 Å². The fraction of sp³-hybridized carbons (Fsp3) is 0.923. The van der Waals surface area contributed by atoms with Crippen LogP contribution in [0.5, 0.6) is 0 Å². The van der Waals surface area contributed by atoms with Crippen LogP contribution >= 0.6 is 0 Å². The molecule has 9 nitrogen and oxygen atoms in total. The molecule has 8 bridgehead atoms. The van der Waals surface area contributed by atoms with E-state index in [0.717, 1.165) is 50.4 Å². The minimum atomic E-state index is -0.687. The molecule has 1 heterocycles. The highest BCUT2D eigenvalue weighted by Crippen LogP contribution is 2.60. The molecule has 0 aromatic rings. The normalized spacial score (nSPS) is 32.7. The molecule has 1 aliphatic heterocycles. The Kier molecular flexibility index (Phi) is 27.6. The highest BCUT2D eigenvalue weighted by atomic mass is 16.6. The van der Waals surface area contributed by atoms with Crippen molar-refractivity contribution < 1.29 is 43.2 Å². The van der Waals surface area contributed by atoms with Crippen molar-refractivity contribution >= 4 is 23.9 Å². The van der Waals surface area contributed by atoms with Gasteiger partial charge in [0, 0.05) is 12.8 Å². The van der Waals surface area contributed by atoms with E-state index in [4.69, 9.17) is 18.9 Å². The predicted octanol–water partition coefficient (Wildman–Crippen LogP) is 14.2. The van der Waals surface area contributed by atoms with Crippen LogP contribution in [0.25, 0.3) is 0 Å². The number of ether oxygens (including phenoxy) is 4. The van der Waals surface area contributed by atoms with Crippen LogP contribution in [0.3, 0.4) is 0 Å². The van der Waals surface area contributed by atoms with Crippen LogP contribution in [0.2, 0.25) is 0 Å². The third kappa shape index (κ3) is 14.7. The van der Waals surface area contributed by atoms with E-state index >= 15 is 0 Å². The number of rotatable bonds is 9. The monoisotopic (exact) mass is 875 g/mol. The Morgan fingerprint density at radius 1 is 0.607 bits per heavy atom. The van der Waals surface area contributed by atoms with Gasteiger partial charge in [-0.1, -0.05) is 87.6 Å². The summed E-state index contributed by atoms with van der Waals surface area (Å²) in [4.78, 5) is 47.4. The molecule has 61 heavy (non-hydrogen) atoms. The molecule has 9 fully saturated rings. The lowest BCUT2D eigenvalue weighted by molar-refractivity contribution is -0.225. The Balaban J connectivity index is -0.000000242. The quantitative estimate of drug-likeness (QED) is 0.178. The molecule has 1 saturated heterocycles. The van der Waals surface area contributed by atoms with Crippen LogP contribution in [0.4, 0.5) is 0 Å². The maximum Gasteiger partial charge on any atom is 0.347 e. The van der Waals surface area contributed by atoms with Crippen molar-refractivity contribution in [2.75, 3.05) is 6.61 Å². The molecular weight excluding hydrogens is 769 g/mol. The van der Waals surface area contributed by atoms with Crippen molar-refractivity contribution in [3.05, 3.63) is 0 Å². The van der Waals surface area contributed by atoms with Gasteiger partial charge in [0.05, 0.1) is 28.5 Å². The van der Waals surface area contributed by atoms with Crippen molar-refractivity contribution in [2.24, 2.45) is 51.8 Å². The largest absolute Gasteiger partial charge is 0.463 e. The number of carbonyl (C=O) groups excluding carboxylic acids is 4. The van der Waals surface area contributed by atoms with Crippen LogP contribution in [0.1, 0.15) is 232 Å². The highest BCUT2D eigenvalue weighted by molar-refractivity contribution is 5.82. The zero-order chi connectivity index (χ0) is 38.5. The van der Waals surface area contributed by atoms with E-state index in [9.17, 15) is 24.3 Å². The van der Waals surface area contributed by atoms with Gasteiger partial charge in [-0.2, -0.15) is 0 Å². The average molecular weight is 875 g/mol. The summed E-state index contributed by atoms with van der Waals surface area (Å²) in [5, 5.41) is 10.6. The van der Waals surface area contributed by atoms with Gasteiger partial charge in [0.1, 0.15) is 11.2 Å². The van der Waals surface area contributed by atoms with Gasteiger partial charge in [-0.05, 0) is 167 Å². The second kappa shape index (κ2) is 24.8. The van der Waals surface area contributed by atoms with Gasteiger partial charge >= 0.3 is 23.9 Å². The third-order valence-corrected chi connectivity index (χ3v) is 14.8. The fourth-order valence-electron chi connectivity index (χ4n) is 10.5. The highest BCUT2D eigenvalue weighted by Gasteiger charge is 2.60. The van der Waals surface area contributed by atoms with Gasteiger partial charge in [-0.25, -0.2) is 4.79 Å². The average Bonchev–Trinajstić information content (AvgIpc) is 3.46. The van der Waals surface area contributed by atoms with Crippen LogP contribution in [0.15, 0.2) is 0 Å². The number of hydrogen-bond acceptors (Lipinski definition) is 9. The Hall–Kier alpha value is -2.16. The first-order valence-electron chi connectivity index (χ1n) is 20.6. The van der Waals surface area contributed by atoms with Crippen LogP contribution < -0.4 is 0 Å². The Morgan fingerprint density at radius 2 is 0.984 bits per heavy atom. The smallest absolute Gasteiger partial charge is 0.347 e. The molecule has 3 atom stereocenters. The van der Waals surface area contributed by atoms with Crippen LogP contribution in [0, 0.1) is 51.8 Å². The molecule has 0 amide bonds. The summed E-state index contributed by atoms with van der Waals surface area (Å²) in [5.41, 5.74) is -2.35. The van der Waals surface area contributed by atoms with Crippen LogP contribution in [-0.2, 0) is 38.1 Å². The maximum atomic E-state index is 12.5. The minimum absolute atomic E-state index is 0. The molecule has 0 spiro atoms. The molecule has 3 unspecified atom stereocenters. The molecule has 9 aliphatic rings. The van der Waals surface area contributed by atoms with E-state index in [0.29, 0.717) is 49.5 Å². The first kappa shape index (κ1) is 67.9. The topological polar surface area (TPSA) is 125 Å². The molecule has 1 N–H and O–H groups in total. The van der Waals surface area contributed by atoms with Gasteiger partial charge in [0.15, 0.2) is 0 Å². The Labute approximate surface area is 379 Å². The molecule has 368 valence electrons. The zero-order valence-corrected chi connectivity index (χ0v) is 34.1. The predicted molar refractivity (Wildman–Crippen MR) is 258 cm³/mol. The molecule has 9 rings (SSSR count). The summed E-state index contributed by atoms with van der Waals surface area (Å²) >= 11 is 0. The summed E-state index contributed by atoms with van der Waals surface area (Å²) < 4.78 is 21.9. The SMILES string of the molecule is C.C.C.C.C.C.C.C.C.CCC(C)(C)C(=O)OC1(C)C2CC3CC(C2)CC1C3.CCC(C)(C)C(=O)OC12CC3CC(CC(O)(C3)C1)C2.CCC(C)(C)C(=O)OC1CCOC1=O. The Morgan fingerprint density at radius 3 is 1.34 bits per heavy atom. The molecule has 0 aromatic heterocycles. The summed E-state index contributed by atoms with van der Waals surface area (Å²) in [5.74, 6) is 3.40. The van der Waals surface area contributed by atoms with Crippen molar-refractivity contribution in [3.8, 4) is 0 Å². The van der Waals surface area contributed by atoms with Crippen molar-refractivity contribution in [2.45, 2.75) is 255 Å². The lowest BCUT2D eigenvalue weighted by atomic mass is 9.50. The molecular formula is C52H106O9. The first-order valence-corrected chi connectivity index (χ1v) is 20.6. The van der Waals surface area contributed by atoms with Crippen LogP contribution in [-0.4, -0.2) is 58.5 Å². The standard InChI is InChI=1S/C17H28O2.C16H26O3.C10H16O4.9CH4/c1-5-16(2,3)15(18)19-17(4)13-7-11-6-12(9-13)10-14(17)8-11;1-4-14(2,3)13(17)19-16-8-11-5-12(9-16)7-15(18,6-11)10-16;1-4-10(2,3)9(12)14-7-5-6-13-8(7)11;;;;;;;;;/h11-14H,5-10H2,1-4H3;11-12,18H,4-10H2,1-3H3;7H,4-6H2,1-3H3;9*1H4. The Bertz CT molecular complexity index is 1300. The molecule has 8 saturated carbocycles. The molecule has 9 heteroatoms. The number of hydrogen-bond donors (Lipinski definition) is 1. The van der Waals surface area contributed by atoms with E-state index in [2.05, 4.69) is 13.8 Å². The number of aliphatic hydroxyl groups is 1. The van der Waals surface area contributed by atoms with Gasteiger partial charge in [-0.3, -0.25) is 14.4 Å². The maximum absolute atomic E-state index is 12.5. The molecule has 8 aliphatic carbocycles. The second-order valence-corrected chi connectivity index (χ2v) is 20.2. The van der Waals surface area contributed by atoms with Gasteiger partial charge in [0.2, 0.25) is 6.10 Å². The van der Waals surface area contributed by atoms with E-state index < -0.39 is 28.5 Å². The number of cyclic esters (lactones) is 1. The summed E-state index contributed by atoms with van der Waals surface area (Å²) in [6.07, 6.45) is 14.4. The summed E-state index contributed by atoms with van der Waals surface area (Å²) in [6.45, 7) is 20.1. The third-order valence-electron chi connectivity index (χ3n) is 14.8. The van der Waals surface area contributed by atoms with Gasteiger partial charge in [0.25, 0.3) is 0 Å². The lowest BCUT2D eigenvalue weighted by Crippen LogP contribution is -2.61. The number of carbonyl (C=O) groups is 4. The second-order valence-electron chi connectivity index (χ2n) is 20.2. The van der Waals surface area contributed by atoms with Crippen molar-refractivity contribution in [3.63, 3.8) is 0 Å². The van der Waals surface area contributed by atoms with E-state index in [-0.39, 0.29) is 101 Å². The first-order chi connectivity index (χ1) is 24.1. The van der Waals surface area contributed by atoms with Crippen molar-refractivity contribution in [1.29, 1.82) is 0 Å². The van der Waals surface area contributed by atoms with Crippen molar-refractivity contribution in [1.82, 2.24) is 0 Å². The zero-order valence-electron chi connectivity index (χ0n) is 34.1.